The minimum absolute atomic E-state index is 0. The lowest BCUT2D eigenvalue weighted by molar-refractivity contribution is -0.148. The van der Waals surface area contributed by atoms with Gasteiger partial charge in [-0.1, -0.05) is 6.92 Å². The van der Waals surface area contributed by atoms with Crippen LogP contribution in [0.15, 0.2) is 4.99 Å². The van der Waals surface area contributed by atoms with Crippen LogP contribution in [0.4, 0.5) is 0 Å². The summed E-state index contributed by atoms with van der Waals surface area (Å²) < 4.78 is 5.47. The molecule has 2 aliphatic carbocycles. The summed E-state index contributed by atoms with van der Waals surface area (Å²) >= 11 is 2.06. The van der Waals surface area contributed by atoms with Crippen LogP contribution in [0.3, 0.4) is 0 Å². The first-order chi connectivity index (χ1) is 11.7. The largest absolute Gasteiger partial charge is 0.462 e. The summed E-state index contributed by atoms with van der Waals surface area (Å²) in [5.74, 6) is 1.99. The minimum Gasteiger partial charge on any atom is -0.462 e. The summed E-state index contributed by atoms with van der Waals surface area (Å²) in [7, 11) is 1.80. The van der Waals surface area contributed by atoms with Crippen molar-refractivity contribution in [3.63, 3.8) is 0 Å². The monoisotopic (exact) mass is 483 g/mol. The molecule has 0 heterocycles. The Kier molecular flexibility index (Phi) is 11.9. The average molecular weight is 483 g/mol. The topological polar surface area (TPSA) is 62.7 Å². The highest BCUT2D eigenvalue weighted by Gasteiger charge is 2.25. The van der Waals surface area contributed by atoms with Crippen LogP contribution in [0.2, 0.25) is 0 Å². The zero-order chi connectivity index (χ0) is 17.2. The Bertz CT molecular complexity index is 417. The van der Waals surface area contributed by atoms with E-state index >= 15 is 0 Å². The van der Waals surface area contributed by atoms with Gasteiger partial charge in [0.15, 0.2) is 5.96 Å². The smallest absolute Gasteiger partial charge is 0.306 e. The molecule has 0 spiro atoms. The van der Waals surface area contributed by atoms with E-state index in [9.17, 15) is 4.79 Å². The Balaban J connectivity index is 0.00000312. The number of aliphatic imine (C=N–C) groups is 1. The number of guanidine groups is 1. The number of hydrogen-bond donors (Lipinski definition) is 2. The number of ether oxygens (including phenoxy) is 1. The van der Waals surface area contributed by atoms with Crippen molar-refractivity contribution in [3.05, 3.63) is 0 Å². The number of thioether (sulfide) groups is 1. The maximum atomic E-state index is 11.8. The summed E-state index contributed by atoms with van der Waals surface area (Å²) in [6.45, 7) is 2.98. The molecule has 7 heteroatoms. The molecule has 0 saturated heterocycles. The van der Waals surface area contributed by atoms with Gasteiger partial charge in [-0.15, -0.1) is 24.0 Å². The standard InChI is InChI=1S/C18H33N3O2S.HI/c1-3-24-16-11-10-14(13-16)21-18(19-2)20-12-6-9-17(22)23-15-7-4-5-8-15;/h14-16H,3-13H2,1-2H3,(H2,19,20,21);1H. The fraction of sp³-hybridized carbons (Fsp3) is 0.889. The first-order valence-corrected chi connectivity index (χ1v) is 10.5. The number of esters is 1. The van der Waals surface area contributed by atoms with Crippen LogP contribution in [0, 0.1) is 0 Å². The molecule has 0 aromatic heterocycles. The maximum absolute atomic E-state index is 11.8. The molecule has 0 bridgehead atoms. The molecule has 0 aliphatic heterocycles. The van der Waals surface area contributed by atoms with Gasteiger partial charge in [0, 0.05) is 31.3 Å². The van der Waals surface area contributed by atoms with Crippen molar-refractivity contribution in [3.8, 4) is 0 Å². The predicted octanol–water partition coefficient (Wildman–Crippen LogP) is 3.71. The van der Waals surface area contributed by atoms with Crippen LogP contribution in [-0.4, -0.2) is 48.7 Å². The summed E-state index contributed by atoms with van der Waals surface area (Å²) in [5.41, 5.74) is 0. The molecule has 146 valence electrons. The third-order valence-corrected chi connectivity index (χ3v) is 6.03. The first kappa shape index (κ1) is 22.9. The molecule has 2 saturated carbocycles. The van der Waals surface area contributed by atoms with E-state index in [0.717, 1.165) is 37.0 Å². The Morgan fingerprint density at radius 2 is 2.00 bits per heavy atom. The van der Waals surface area contributed by atoms with Crippen molar-refractivity contribution >= 4 is 47.7 Å². The number of nitrogens with zero attached hydrogens (tertiary/aromatic N) is 1. The van der Waals surface area contributed by atoms with Gasteiger partial charge in [0.1, 0.15) is 6.10 Å². The van der Waals surface area contributed by atoms with Gasteiger partial charge in [-0.05, 0) is 57.1 Å². The highest BCUT2D eigenvalue weighted by Crippen LogP contribution is 2.29. The van der Waals surface area contributed by atoms with Crippen LogP contribution in [0.25, 0.3) is 0 Å². The van der Waals surface area contributed by atoms with Crippen LogP contribution >= 0.6 is 35.7 Å². The average Bonchev–Trinajstić information content (AvgIpc) is 3.23. The van der Waals surface area contributed by atoms with Gasteiger partial charge in [0.2, 0.25) is 0 Å². The van der Waals surface area contributed by atoms with E-state index in [0.29, 0.717) is 12.5 Å². The predicted molar refractivity (Wildman–Crippen MR) is 117 cm³/mol. The zero-order valence-corrected chi connectivity index (χ0v) is 18.7. The second-order valence-electron chi connectivity index (χ2n) is 6.73. The third kappa shape index (κ3) is 8.84. The molecule has 5 nitrogen and oxygen atoms in total. The molecule has 2 fully saturated rings. The molecule has 0 radical (unpaired) electrons. The van der Waals surface area contributed by atoms with E-state index in [4.69, 9.17) is 4.74 Å². The Morgan fingerprint density at radius 1 is 1.24 bits per heavy atom. The van der Waals surface area contributed by atoms with E-state index in [1.165, 1.54) is 37.9 Å². The first-order valence-electron chi connectivity index (χ1n) is 9.49. The van der Waals surface area contributed by atoms with E-state index in [2.05, 4.69) is 34.3 Å². The quantitative estimate of drug-likeness (QED) is 0.181. The van der Waals surface area contributed by atoms with Crippen LogP contribution in [-0.2, 0) is 9.53 Å². The van der Waals surface area contributed by atoms with Crippen molar-refractivity contribution in [2.24, 2.45) is 4.99 Å². The number of hydrogen-bond acceptors (Lipinski definition) is 4. The van der Waals surface area contributed by atoms with E-state index in [1.807, 2.05) is 0 Å². The number of rotatable bonds is 8. The second-order valence-corrected chi connectivity index (χ2v) is 8.31. The summed E-state index contributed by atoms with van der Waals surface area (Å²) in [4.78, 5) is 16.1. The zero-order valence-electron chi connectivity index (χ0n) is 15.6. The molecule has 2 aliphatic rings. The molecular weight excluding hydrogens is 449 g/mol. The van der Waals surface area contributed by atoms with Crippen LogP contribution in [0.1, 0.15) is 64.7 Å². The molecule has 0 aromatic rings. The molecular formula is C18H34IN3O2S. The number of nitrogens with one attached hydrogen (secondary N) is 2. The molecule has 2 rings (SSSR count). The minimum atomic E-state index is -0.0538. The van der Waals surface area contributed by atoms with E-state index in [1.54, 1.807) is 7.05 Å². The Morgan fingerprint density at radius 3 is 2.68 bits per heavy atom. The molecule has 25 heavy (non-hydrogen) atoms. The van der Waals surface area contributed by atoms with E-state index in [-0.39, 0.29) is 36.0 Å². The normalized spacial score (nSPS) is 24.0. The van der Waals surface area contributed by atoms with Gasteiger partial charge in [0.25, 0.3) is 0 Å². The fourth-order valence-electron chi connectivity index (χ4n) is 3.54. The molecule has 2 unspecified atom stereocenters. The van der Waals surface area contributed by atoms with Gasteiger partial charge in [-0.2, -0.15) is 11.8 Å². The Labute approximate surface area is 173 Å². The third-order valence-electron chi connectivity index (χ3n) is 4.80. The lowest BCUT2D eigenvalue weighted by Crippen LogP contribution is -2.43. The van der Waals surface area contributed by atoms with Gasteiger partial charge in [-0.3, -0.25) is 9.79 Å². The van der Waals surface area contributed by atoms with Crippen LogP contribution < -0.4 is 10.6 Å². The lowest BCUT2D eigenvalue weighted by Gasteiger charge is -2.17. The fourth-order valence-corrected chi connectivity index (χ4v) is 4.68. The van der Waals surface area contributed by atoms with Gasteiger partial charge in [-0.25, -0.2) is 0 Å². The molecule has 0 aromatic carbocycles. The van der Waals surface area contributed by atoms with E-state index < -0.39 is 0 Å². The molecule has 2 N–H and O–H groups in total. The molecule has 2 atom stereocenters. The van der Waals surface area contributed by atoms with Gasteiger partial charge in [0.05, 0.1) is 0 Å². The summed E-state index contributed by atoms with van der Waals surface area (Å²) in [6.07, 6.45) is 9.64. The second kappa shape index (κ2) is 13.1. The highest BCUT2D eigenvalue weighted by molar-refractivity contribution is 14.0. The molecule has 0 amide bonds. The van der Waals surface area contributed by atoms with Crippen molar-refractivity contribution in [2.75, 3.05) is 19.3 Å². The van der Waals surface area contributed by atoms with Crippen LogP contribution in [0.5, 0.6) is 0 Å². The van der Waals surface area contributed by atoms with Crippen molar-refractivity contribution in [1.29, 1.82) is 0 Å². The Hall–Kier alpha value is -0.180. The highest BCUT2D eigenvalue weighted by atomic mass is 127. The number of carbonyl (C=O) groups excluding carboxylic acids is 1. The summed E-state index contributed by atoms with van der Waals surface area (Å²) in [6, 6.07) is 0.521. The van der Waals surface area contributed by atoms with Crippen molar-refractivity contribution in [1.82, 2.24) is 10.6 Å². The lowest BCUT2D eigenvalue weighted by atomic mass is 10.2. The number of halogens is 1. The maximum Gasteiger partial charge on any atom is 0.306 e. The number of carbonyl (C=O) groups is 1. The van der Waals surface area contributed by atoms with Crippen molar-refractivity contribution < 1.29 is 9.53 Å². The van der Waals surface area contributed by atoms with Gasteiger partial charge < -0.3 is 15.4 Å². The van der Waals surface area contributed by atoms with Gasteiger partial charge >= 0.3 is 5.97 Å². The summed E-state index contributed by atoms with van der Waals surface area (Å²) in [5, 5.41) is 7.61. The SMILES string of the molecule is CCSC1CCC(NC(=NC)NCCCC(=O)OC2CCCC2)C1.I. The van der Waals surface area contributed by atoms with Crippen molar-refractivity contribution in [2.45, 2.75) is 82.1 Å².